The third-order valence-corrected chi connectivity index (χ3v) is 11.7. The van der Waals surface area contributed by atoms with Crippen LogP contribution in [-0.2, 0) is 28.6 Å². The molecule has 6 nitrogen and oxygen atoms in total. The number of esters is 3. The summed E-state index contributed by atoms with van der Waals surface area (Å²) >= 11 is 0. The third kappa shape index (κ3) is 51.7. The van der Waals surface area contributed by atoms with Crippen molar-refractivity contribution >= 4 is 17.9 Å². The molecule has 6 heteroatoms. The first-order chi connectivity index (χ1) is 32.0. The zero-order valence-corrected chi connectivity index (χ0v) is 42.7. The van der Waals surface area contributed by atoms with Crippen molar-refractivity contribution < 1.29 is 28.6 Å². The van der Waals surface area contributed by atoms with Crippen LogP contribution in [-0.4, -0.2) is 37.2 Å². The molecule has 0 heterocycles. The summed E-state index contributed by atoms with van der Waals surface area (Å²) in [7, 11) is 0. The predicted molar refractivity (Wildman–Crippen MR) is 279 cm³/mol. The van der Waals surface area contributed by atoms with Gasteiger partial charge in [0.1, 0.15) is 13.2 Å². The van der Waals surface area contributed by atoms with Crippen LogP contribution in [0.2, 0.25) is 0 Å². The molecule has 374 valence electrons. The number of carbonyl (C=O) groups is 3. The van der Waals surface area contributed by atoms with E-state index in [1.807, 2.05) is 0 Å². The fraction of sp³-hybridized carbons (Fsp3) is 0.746. The van der Waals surface area contributed by atoms with Crippen LogP contribution in [0.25, 0.3) is 0 Å². The van der Waals surface area contributed by atoms with Gasteiger partial charge in [-0.2, -0.15) is 0 Å². The molecule has 0 spiro atoms. The van der Waals surface area contributed by atoms with E-state index in [0.29, 0.717) is 19.3 Å². The van der Waals surface area contributed by atoms with E-state index in [0.717, 1.165) is 83.5 Å². The molecule has 0 aliphatic rings. The summed E-state index contributed by atoms with van der Waals surface area (Å²) in [4.78, 5) is 38.1. The quantitative estimate of drug-likeness (QED) is 0.0262. The van der Waals surface area contributed by atoms with Gasteiger partial charge < -0.3 is 14.2 Å². The molecule has 65 heavy (non-hydrogen) atoms. The zero-order chi connectivity index (χ0) is 47.2. The van der Waals surface area contributed by atoms with Gasteiger partial charge in [0, 0.05) is 19.3 Å². The Balaban J connectivity index is 4.46. The first-order valence-electron chi connectivity index (χ1n) is 27.4. The van der Waals surface area contributed by atoms with E-state index in [-0.39, 0.29) is 37.5 Å². The predicted octanol–water partition coefficient (Wildman–Crippen LogP) is 18.2. The van der Waals surface area contributed by atoms with E-state index in [2.05, 4.69) is 93.7 Å². The summed E-state index contributed by atoms with van der Waals surface area (Å²) in [5, 5.41) is 0. The van der Waals surface area contributed by atoms with E-state index in [4.69, 9.17) is 14.2 Å². The van der Waals surface area contributed by atoms with Gasteiger partial charge in [0.15, 0.2) is 6.10 Å². The van der Waals surface area contributed by atoms with Crippen molar-refractivity contribution in [1.82, 2.24) is 0 Å². The molecule has 0 aromatic heterocycles. The summed E-state index contributed by atoms with van der Waals surface area (Å²) in [6, 6.07) is 0. The van der Waals surface area contributed by atoms with Gasteiger partial charge in [0.05, 0.1) is 0 Å². The molecule has 0 aromatic carbocycles. The van der Waals surface area contributed by atoms with Gasteiger partial charge in [0.2, 0.25) is 0 Å². The fourth-order valence-corrected chi connectivity index (χ4v) is 7.59. The van der Waals surface area contributed by atoms with E-state index in [1.54, 1.807) is 0 Å². The Morgan fingerprint density at radius 3 is 1.03 bits per heavy atom. The largest absolute Gasteiger partial charge is 0.462 e. The van der Waals surface area contributed by atoms with Gasteiger partial charge in [-0.25, -0.2) is 0 Å². The van der Waals surface area contributed by atoms with Crippen molar-refractivity contribution in [2.75, 3.05) is 13.2 Å². The van der Waals surface area contributed by atoms with Crippen molar-refractivity contribution in [2.45, 2.75) is 271 Å². The van der Waals surface area contributed by atoms with Gasteiger partial charge in [-0.3, -0.25) is 14.4 Å². The number of hydrogen-bond acceptors (Lipinski definition) is 6. The average molecular weight is 907 g/mol. The number of hydrogen-bond donors (Lipinski definition) is 0. The molecule has 0 amide bonds. The van der Waals surface area contributed by atoms with Crippen molar-refractivity contribution in [1.29, 1.82) is 0 Å². The molecule has 0 aliphatic heterocycles. The highest BCUT2D eigenvalue weighted by Crippen LogP contribution is 2.15. The number of ether oxygens (including phenoxy) is 3. The summed E-state index contributed by atoms with van der Waals surface area (Å²) in [6.45, 7) is 6.47. The Bertz CT molecular complexity index is 1230. The minimum absolute atomic E-state index is 0.0949. The van der Waals surface area contributed by atoms with Crippen LogP contribution >= 0.6 is 0 Å². The molecule has 0 aromatic rings. The Labute approximate surface area is 402 Å². The van der Waals surface area contributed by atoms with Gasteiger partial charge >= 0.3 is 17.9 Å². The SMILES string of the molecule is CC/C=C\C/C=C\CCCCCCCCCC(=O)OCC(COC(=O)CCC/C=C\C/C=C\C/C=C\C/C=C\CCCCC)OC(=O)CCCCCCCCCCCCCCCCCC. The lowest BCUT2D eigenvalue weighted by atomic mass is 10.0. The van der Waals surface area contributed by atoms with Crippen LogP contribution in [0.3, 0.4) is 0 Å². The van der Waals surface area contributed by atoms with Crippen LogP contribution in [0.1, 0.15) is 265 Å². The minimum Gasteiger partial charge on any atom is -0.462 e. The molecule has 0 saturated carbocycles. The van der Waals surface area contributed by atoms with Crippen LogP contribution in [0, 0.1) is 0 Å². The van der Waals surface area contributed by atoms with Gasteiger partial charge in [-0.1, -0.05) is 235 Å². The number of rotatable bonds is 49. The summed E-state index contributed by atoms with van der Waals surface area (Å²) < 4.78 is 16.8. The normalized spacial score (nSPS) is 12.6. The molecule has 0 fully saturated rings. The maximum absolute atomic E-state index is 12.8. The monoisotopic (exact) mass is 907 g/mol. The average Bonchev–Trinajstić information content (AvgIpc) is 3.30. The third-order valence-electron chi connectivity index (χ3n) is 11.7. The Hall–Kier alpha value is -3.15. The first-order valence-corrected chi connectivity index (χ1v) is 27.4. The molecule has 0 aliphatic carbocycles. The molecule has 0 rings (SSSR count). The topological polar surface area (TPSA) is 78.9 Å². The molecule has 0 saturated heterocycles. The molecule has 1 unspecified atom stereocenters. The highest BCUT2D eigenvalue weighted by atomic mass is 16.6. The van der Waals surface area contributed by atoms with E-state index in [1.165, 1.54) is 135 Å². The minimum atomic E-state index is -0.798. The standard InChI is InChI=1S/C59H102O6/c1-4-7-10-13-16-19-22-25-28-30-32-34-37-40-43-46-49-52-58(61)64-55-56(54-63-57(60)51-48-45-42-39-36-33-27-24-21-18-15-12-9-6-3)65-59(62)53-50-47-44-41-38-35-31-29-26-23-20-17-14-11-8-5-2/h9,12,16,18-19,21,25,28,32,34,40,43,56H,4-8,10-11,13-15,17,20,22-24,26-27,29-31,33,35-39,41-42,44-55H2,1-3H3/b12-9-,19-16-,21-18-,28-25-,34-32-,43-40-. The Morgan fingerprint density at radius 1 is 0.323 bits per heavy atom. The number of allylic oxidation sites excluding steroid dienone is 12. The van der Waals surface area contributed by atoms with Crippen LogP contribution in [0.4, 0.5) is 0 Å². The van der Waals surface area contributed by atoms with Crippen molar-refractivity contribution in [3.05, 3.63) is 72.9 Å². The summed E-state index contributed by atoms with van der Waals surface area (Å²) in [5.74, 6) is -0.953. The lowest BCUT2D eigenvalue weighted by Gasteiger charge is -2.18. The molecule has 0 radical (unpaired) electrons. The Morgan fingerprint density at radius 2 is 0.615 bits per heavy atom. The Kier molecular flexibility index (Phi) is 50.9. The van der Waals surface area contributed by atoms with Crippen molar-refractivity contribution in [2.24, 2.45) is 0 Å². The second kappa shape index (κ2) is 53.5. The number of unbranched alkanes of at least 4 members (excludes halogenated alkanes) is 26. The zero-order valence-electron chi connectivity index (χ0n) is 42.7. The maximum atomic E-state index is 12.8. The van der Waals surface area contributed by atoms with Gasteiger partial charge in [-0.05, 0) is 83.5 Å². The molecule has 1 atom stereocenters. The van der Waals surface area contributed by atoms with E-state index in [9.17, 15) is 14.4 Å². The van der Waals surface area contributed by atoms with Crippen LogP contribution in [0.5, 0.6) is 0 Å². The van der Waals surface area contributed by atoms with Crippen molar-refractivity contribution in [3.63, 3.8) is 0 Å². The maximum Gasteiger partial charge on any atom is 0.306 e. The molecule has 0 N–H and O–H groups in total. The lowest BCUT2D eigenvalue weighted by Crippen LogP contribution is -2.30. The highest BCUT2D eigenvalue weighted by Gasteiger charge is 2.19. The number of carbonyl (C=O) groups excluding carboxylic acids is 3. The second-order valence-corrected chi connectivity index (χ2v) is 18.1. The first kappa shape index (κ1) is 61.9. The van der Waals surface area contributed by atoms with Gasteiger partial charge in [-0.15, -0.1) is 0 Å². The summed E-state index contributed by atoms with van der Waals surface area (Å²) in [6.07, 6.45) is 67.5. The summed E-state index contributed by atoms with van der Waals surface area (Å²) in [5.41, 5.74) is 0. The van der Waals surface area contributed by atoms with Crippen LogP contribution in [0.15, 0.2) is 72.9 Å². The fourth-order valence-electron chi connectivity index (χ4n) is 7.59. The molecular weight excluding hydrogens is 805 g/mol. The second-order valence-electron chi connectivity index (χ2n) is 18.1. The lowest BCUT2D eigenvalue weighted by molar-refractivity contribution is -0.167. The van der Waals surface area contributed by atoms with Gasteiger partial charge in [0.25, 0.3) is 0 Å². The van der Waals surface area contributed by atoms with Crippen molar-refractivity contribution in [3.8, 4) is 0 Å². The highest BCUT2D eigenvalue weighted by molar-refractivity contribution is 5.71. The molecular formula is C59H102O6. The van der Waals surface area contributed by atoms with E-state index >= 15 is 0 Å². The van der Waals surface area contributed by atoms with Crippen LogP contribution < -0.4 is 0 Å². The molecule has 0 bridgehead atoms. The smallest absolute Gasteiger partial charge is 0.306 e. The van der Waals surface area contributed by atoms with E-state index < -0.39 is 6.10 Å².